The van der Waals surface area contributed by atoms with E-state index in [-0.39, 0.29) is 30.1 Å². The number of carbonyl (C=O) groups is 2. The fraction of sp³-hybridized carbons (Fsp3) is 0.714. The summed E-state index contributed by atoms with van der Waals surface area (Å²) in [5, 5.41) is 2.70. The molecule has 1 unspecified atom stereocenters. The molecule has 0 aromatic rings. The molecule has 0 radical (unpaired) electrons. The molecule has 0 aliphatic carbocycles. The topological polar surface area (TPSA) is 46.2 Å². The number of ketones is 1. The first-order chi connectivity index (χ1) is 4.61. The van der Waals surface area contributed by atoms with E-state index >= 15 is 0 Å². The van der Waals surface area contributed by atoms with Crippen LogP contribution in [-0.4, -0.2) is 17.7 Å². The second-order valence-corrected chi connectivity index (χ2v) is 2.79. The molecule has 2 atom stereocenters. The molecule has 0 aromatic heterocycles. The molecule has 0 saturated carbocycles. The molecule has 0 aromatic carbocycles. The number of nitrogens with one attached hydrogen (secondary N) is 1. The smallest absolute Gasteiger partial charge is 0.227 e. The summed E-state index contributed by atoms with van der Waals surface area (Å²) < 4.78 is 0. The maximum atomic E-state index is 11.0. The van der Waals surface area contributed by atoms with Crippen LogP contribution in [0.3, 0.4) is 0 Å². The number of amides is 1. The van der Waals surface area contributed by atoms with Crippen LogP contribution in [0.25, 0.3) is 0 Å². The average molecular weight is 141 g/mol. The van der Waals surface area contributed by atoms with E-state index in [2.05, 4.69) is 5.32 Å². The average Bonchev–Trinajstić information content (AvgIpc) is 1.82. The van der Waals surface area contributed by atoms with Crippen LogP contribution in [-0.2, 0) is 9.59 Å². The third-order valence-electron chi connectivity index (χ3n) is 1.98. The number of carbonyl (C=O) groups excluding carboxylic acids is 2. The van der Waals surface area contributed by atoms with E-state index < -0.39 is 0 Å². The van der Waals surface area contributed by atoms with Gasteiger partial charge in [-0.1, -0.05) is 6.92 Å². The molecule has 10 heavy (non-hydrogen) atoms. The monoisotopic (exact) mass is 141 g/mol. The highest BCUT2D eigenvalue weighted by Crippen LogP contribution is 2.11. The predicted molar refractivity (Wildman–Crippen MR) is 36.4 cm³/mol. The lowest BCUT2D eigenvalue weighted by molar-refractivity contribution is -0.134. The van der Waals surface area contributed by atoms with E-state index in [1.54, 1.807) is 0 Å². The van der Waals surface area contributed by atoms with Crippen LogP contribution in [0.5, 0.6) is 0 Å². The van der Waals surface area contributed by atoms with Crippen molar-refractivity contribution in [2.75, 3.05) is 0 Å². The SMILES string of the molecule is CC1NC(=O)CC(=O)[C@@H]1C. The Morgan fingerprint density at radius 2 is 2.00 bits per heavy atom. The highest BCUT2D eigenvalue weighted by atomic mass is 16.2. The van der Waals surface area contributed by atoms with Crippen LogP contribution in [0.2, 0.25) is 0 Å². The first kappa shape index (κ1) is 7.25. The Kier molecular flexibility index (Phi) is 1.74. The summed E-state index contributed by atoms with van der Waals surface area (Å²) in [6.45, 7) is 3.69. The molecule has 1 fully saturated rings. The van der Waals surface area contributed by atoms with Crippen LogP contribution >= 0.6 is 0 Å². The Morgan fingerprint density at radius 3 is 2.50 bits per heavy atom. The molecule has 1 N–H and O–H groups in total. The summed E-state index contributed by atoms with van der Waals surface area (Å²) in [6, 6.07) is 0.00810. The van der Waals surface area contributed by atoms with Gasteiger partial charge < -0.3 is 5.32 Å². The summed E-state index contributed by atoms with van der Waals surface area (Å²) in [5.74, 6) is -0.107. The maximum absolute atomic E-state index is 11.0. The number of hydrogen-bond donors (Lipinski definition) is 1. The third kappa shape index (κ3) is 1.17. The molecule has 3 nitrogen and oxygen atoms in total. The minimum Gasteiger partial charge on any atom is -0.353 e. The van der Waals surface area contributed by atoms with Gasteiger partial charge in [-0.05, 0) is 6.92 Å². The second kappa shape index (κ2) is 2.40. The third-order valence-corrected chi connectivity index (χ3v) is 1.98. The Balaban J connectivity index is 2.66. The van der Waals surface area contributed by atoms with E-state index in [1.807, 2.05) is 13.8 Å². The minimum atomic E-state index is -0.143. The molecule has 1 rings (SSSR count). The van der Waals surface area contributed by atoms with Crippen LogP contribution < -0.4 is 5.32 Å². The predicted octanol–water partition coefficient (Wildman–Crippen LogP) is 0.100. The van der Waals surface area contributed by atoms with Gasteiger partial charge in [0.25, 0.3) is 0 Å². The zero-order chi connectivity index (χ0) is 7.72. The van der Waals surface area contributed by atoms with Gasteiger partial charge in [0.05, 0.1) is 6.42 Å². The van der Waals surface area contributed by atoms with Gasteiger partial charge in [-0.25, -0.2) is 0 Å². The maximum Gasteiger partial charge on any atom is 0.227 e. The van der Waals surface area contributed by atoms with Gasteiger partial charge >= 0.3 is 0 Å². The van der Waals surface area contributed by atoms with Gasteiger partial charge in [0.2, 0.25) is 5.91 Å². The summed E-state index contributed by atoms with van der Waals surface area (Å²) in [4.78, 5) is 21.7. The van der Waals surface area contributed by atoms with E-state index in [4.69, 9.17) is 0 Å². The Labute approximate surface area is 59.8 Å². The van der Waals surface area contributed by atoms with Crippen molar-refractivity contribution in [3.63, 3.8) is 0 Å². The number of rotatable bonds is 0. The summed E-state index contributed by atoms with van der Waals surface area (Å²) >= 11 is 0. The zero-order valence-corrected chi connectivity index (χ0v) is 6.18. The molecule has 1 aliphatic rings. The quantitative estimate of drug-likeness (QED) is 0.486. The van der Waals surface area contributed by atoms with Crippen molar-refractivity contribution >= 4 is 11.7 Å². The first-order valence-electron chi connectivity index (χ1n) is 3.43. The Hall–Kier alpha value is -0.860. The molecule has 0 spiro atoms. The van der Waals surface area contributed by atoms with Gasteiger partial charge in [0.1, 0.15) is 5.78 Å². The van der Waals surface area contributed by atoms with Gasteiger partial charge in [-0.3, -0.25) is 9.59 Å². The van der Waals surface area contributed by atoms with Gasteiger partial charge in [0, 0.05) is 12.0 Å². The summed E-state index contributed by atoms with van der Waals surface area (Å²) in [7, 11) is 0. The van der Waals surface area contributed by atoms with E-state index in [0.717, 1.165) is 0 Å². The van der Waals surface area contributed by atoms with Crippen molar-refractivity contribution in [2.45, 2.75) is 26.3 Å². The van der Waals surface area contributed by atoms with Gasteiger partial charge in [0.15, 0.2) is 0 Å². The van der Waals surface area contributed by atoms with Crippen LogP contribution in [0.4, 0.5) is 0 Å². The Morgan fingerprint density at radius 1 is 1.40 bits per heavy atom. The summed E-state index contributed by atoms with van der Waals surface area (Å²) in [6.07, 6.45) is 0.0610. The fourth-order valence-corrected chi connectivity index (χ4v) is 1.03. The molecule has 0 bridgehead atoms. The van der Waals surface area contributed by atoms with Crippen molar-refractivity contribution in [1.82, 2.24) is 5.32 Å². The lowest BCUT2D eigenvalue weighted by Crippen LogP contribution is -2.46. The van der Waals surface area contributed by atoms with Crippen LogP contribution in [0, 0.1) is 5.92 Å². The van der Waals surface area contributed by atoms with Crippen LogP contribution in [0.15, 0.2) is 0 Å². The largest absolute Gasteiger partial charge is 0.353 e. The van der Waals surface area contributed by atoms with E-state index in [0.29, 0.717) is 0 Å². The van der Waals surface area contributed by atoms with E-state index in [9.17, 15) is 9.59 Å². The van der Waals surface area contributed by atoms with Gasteiger partial charge in [-0.2, -0.15) is 0 Å². The van der Waals surface area contributed by atoms with Crippen LogP contribution in [0.1, 0.15) is 20.3 Å². The highest BCUT2D eigenvalue weighted by Gasteiger charge is 2.28. The van der Waals surface area contributed by atoms with Crippen molar-refractivity contribution in [1.29, 1.82) is 0 Å². The molecule has 1 heterocycles. The zero-order valence-electron chi connectivity index (χ0n) is 6.18. The normalized spacial score (nSPS) is 33.8. The fourth-order valence-electron chi connectivity index (χ4n) is 1.03. The number of Topliss-reactive ketones (excluding diaryl/α,β-unsaturated/α-hetero) is 1. The summed E-state index contributed by atoms with van der Waals surface area (Å²) in [5.41, 5.74) is 0. The van der Waals surface area contributed by atoms with Crippen molar-refractivity contribution in [3.8, 4) is 0 Å². The lowest BCUT2D eigenvalue weighted by Gasteiger charge is -2.24. The lowest BCUT2D eigenvalue weighted by atomic mass is 9.92. The number of hydrogen-bond acceptors (Lipinski definition) is 2. The van der Waals surface area contributed by atoms with Crippen molar-refractivity contribution in [2.24, 2.45) is 5.92 Å². The highest BCUT2D eigenvalue weighted by molar-refractivity contribution is 6.01. The molecule has 56 valence electrons. The first-order valence-corrected chi connectivity index (χ1v) is 3.43. The van der Waals surface area contributed by atoms with Crippen molar-refractivity contribution < 1.29 is 9.59 Å². The van der Waals surface area contributed by atoms with Gasteiger partial charge in [-0.15, -0.1) is 0 Å². The molecule has 1 saturated heterocycles. The second-order valence-electron chi connectivity index (χ2n) is 2.79. The molecular formula is C7H11NO2. The molecule has 1 amide bonds. The molecule has 3 heteroatoms. The minimum absolute atomic E-state index is 0.00810. The Bertz CT molecular complexity index is 176. The van der Waals surface area contributed by atoms with E-state index in [1.165, 1.54) is 0 Å². The molecule has 1 aliphatic heterocycles. The molecular weight excluding hydrogens is 130 g/mol. The number of piperidine rings is 1. The standard InChI is InChI=1S/C7H11NO2/c1-4-5(2)8-7(10)3-6(4)9/h4-5H,3H2,1-2H3,(H,8,10)/t4-,5?/m1/s1. The van der Waals surface area contributed by atoms with Crippen molar-refractivity contribution in [3.05, 3.63) is 0 Å².